The van der Waals surface area contributed by atoms with E-state index < -0.39 is 0 Å². The molecule has 0 fully saturated rings. The minimum atomic E-state index is -0.171. The Labute approximate surface area is 71.7 Å². The number of carbonyl (C=O) groups excluding carboxylic acids is 1. The second kappa shape index (κ2) is 7.49. The minimum Gasteiger partial charge on any atom is -0.468 e. The first kappa shape index (κ1) is 10.4. The van der Waals surface area contributed by atoms with Crippen LogP contribution in [0.15, 0.2) is 0 Å². The summed E-state index contributed by atoms with van der Waals surface area (Å²) < 4.78 is 4.46. The SMILES string of the molecule is C#CCCCSCC(=O)OC. The van der Waals surface area contributed by atoms with E-state index in [1.54, 1.807) is 11.8 Å². The number of hydrogen-bond acceptors (Lipinski definition) is 3. The highest BCUT2D eigenvalue weighted by molar-refractivity contribution is 7.99. The molecule has 0 saturated heterocycles. The molecule has 0 aromatic rings. The Morgan fingerprint density at radius 1 is 1.73 bits per heavy atom. The van der Waals surface area contributed by atoms with Gasteiger partial charge in [0.25, 0.3) is 0 Å². The zero-order valence-electron chi connectivity index (χ0n) is 6.63. The lowest BCUT2D eigenvalue weighted by atomic mass is 10.4. The fraction of sp³-hybridized carbons (Fsp3) is 0.625. The Kier molecular flexibility index (Phi) is 7.06. The maximum absolute atomic E-state index is 10.6. The van der Waals surface area contributed by atoms with E-state index in [0.717, 1.165) is 18.6 Å². The van der Waals surface area contributed by atoms with Crippen molar-refractivity contribution in [2.45, 2.75) is 12.8 Å². The summed E-state index contributed by atoms with van der Waals surface area (Å²) >= 11 is 1.56. The number of methoxy groups -OCH3 is 1. The molecule has 3 heteroatoms. The average Bonchev–Trinajstić information content (AvgIpc) is 2.04. The molecule has 0 aliphatic rings. The lowest BCUT2D eigenvalue weighted by Crippen LogP contribution is -2.03. The van der Waals surface area contributed by atoms with Crippen LogP contribution in [0.4, 0.5) is 0 Å². The van der Waals surface area contributed by atoms with Crippen LogP contribution in [0, 0.1) is 12.3 Å². The van der Waals surface area contributed by atoms with Gasteiger partial charge in [0.15, 0.2) is 0 Å². The number of rotatable bonds is 5. The smallest absolute Gasteiger partial charge is 0.315 e. The second-order valence-electron chi connectivity index (χ2n) is 1.94. The van der Waals surface area contributed by atoms with E-state index in [0.29, 0.717) is 5.75 Å². The van der Waals surface area contributed by atoms with Crippen LogP contribution < -0.4 is 0 Å². The summed E-state index contributed by atoms with van der Waals surface area (Å²) in [5.74, 6) is 3.73. The Morgan fingerprint density at radius 3 is 3.00 bits per heavy atom. The van der Waals surface area contributed by atoms with Crippen molar-refractivity contribution < 1.29 is 9.53 Å². The summed E-state index contributed by atoms with van der Waals surface area (Å²) in [6.45, 7) is 0. The van der Waals surface area contributed by atoms with E-state index in [1.807, 2.05) is 0 Å². The van der Waals surface area contributed by atoms with Crippen LogP contribution in [0.2, 0.25) is 0 Å². The molecule has 62 valence electrons. The van der Waals surface area contributed by atoms with Crippen molar-refractivity contribution in [3.05, 3.63) is 0 Å². The molecule has 0 heterocycles. The third-order valence-corrected chi connectivity index (χ3v) is 2.07. The van der Waals surface area contributed by atoms with Crippen LogP contribution in [0.5, 0.6) is 0 Å². The van der Waals surface area contributed by atoms with Crippen molar-refractivity contribution in [2.75, 3.05) is 18.6 Å². The molecule has 0 aliphatic carbocycles. The molecule has 2 nitrogen and oxygen atoms in total. The van der Waals surface area contributed by atoms with Gasteiger partial charge in [-0.05, 0) is 12.2 Å². The molecular formula is C8H12O2S. The number of unbranched alkanes of at least 4 members (excludes halogenated alkanes) is 1. The summed E-state index contributed by atoms with van der Waals surface area (Å²) in [4.78, 5) is 10.6. The summed E-state index contributed by atoms with van der Waals surface area (Å²) in [6.07, 6.45) is 6.80. The van der Waals surface area contributed by atoms with E-state index in [4.69, 9.17) is 6.42 Å². The maximum atomic E-state index is 10.6. The van der Waals surface area contributed by atoms with Gasteiger partial charge in [-0.25, -0.2) is 0 Å². The number of esters is 1. The average molecular weight is 172 g/mol. The van der Waals surface area contributed by atoms with Gasteiger partial charge in [-0.3, -0.25) is 4.79 Å². The molecule has 0 aromatic carbocycles. The van der Waals surface area contributed by atoms with Crippen LogP contribution in [-0.4, -0.2) is 24.6 Å². The van der Waals surface area contributed by atoms with Gasteiger partial charge in [0.1, 0.15) is 0 Å². The summed E-state index contributed by atoms with van der Waals surface area (Å²) in [7, 11) is 1.39. The number of terminal acetylenes is 1. The molecule has 0 atom stereocenters. The molecule has 0 N–H and O–H groups in total. The Hall–Kier alpha value is -0.620. The normalized spacial score (nSPS) is 8.73. The Balaban J connectivity index is 3.03. The molecule has 0 amide bonds. The lowest BCUT2D eigenvalue weighted by molar-refractivity contribution is -0.137. The number of carbonyl (C=O) groups is 1. The van der Waals surface area contributed by atoms with Crippen LogP contribution in [-0.2, 0) is 9.53 Å². The molecule has 0 saturated carbocycles. The summed E-state index contributed by atoms with van der Waals surface area (Å²) in [5.41, 5.74) is 0. The first-order valence-electron chi connectivity index (χ1n) is 3.39. The molecule has 0 aromatic heterocycles. The Morgan fingerprint density at radius 2 is 2.45 bits per heavy atom. The molecule has 0 unspecified atom stereocenters. The zero-order chi connectivity index (χ0) is 8.53. The van der Waals surface area contributed by atoms with Gasteiger partial charge in [-0.2, -0.15) is 11.8 Å². The van der Waals surface area contributed by atoms with Crippen molar-refractivity contribution in [3.8, 4) is 12.3 Å². The van der Waals surface area contributed by atoms with Crippen molar-refractivity contribution in [1.29, 1.82) is 0 Å². The number of thioether (sulfide) groups is 1. The fourth-order valence-electron chi connectivity index (χ4n) is 0.491. The molecule has 11 heavy (non-hydrogen) atoms. The van der Waals surface area contributed by atoms with E-state index >= 15 is 0 Å². The zero-order valence-corrected chi connectivity index (χ0v) is 7.45. The number of ether oxygens (including phenoxy) is 1. The van der Waals surface area contributed by atoms with Crippen molar-refractivity contribution in [2.24, 2.45) is 0 Å². The summed E-state index contributed by atoms with van der Waals surface area (Å²) in [5, 5.41) is 0. The molecule has 0 spiro atoms. The van der Waals surface area contributed by atoms with Gasteiger partial charge in [0, 0.05) is 6.42 Å². The number of hydrogen-bond donors (Lipinski definition) is 0. The minimum absolute atomic E-state index is 0.171. The van der Waals surface area contributed by atoms with Gasteiger partial charge in [0.2, 0.25) is 0 Å². The quantitative estimate of drug-likeness (QED) is 0.355. The van der Waals surface area contributed by atoms with Gasteiger partial charge in [0.05, 0.1) is 12.9 Å². The molecule has 0 aliphatic heterocycles. The predicted octanol–water partition coefficient (Wildman–Crippen LogP) is 1.31. The Bertz CT molecular complexity index is 149. The third kappa shape index (κ3) is 7.27. The van der Waals surface area contributed by atoms with Gasteiger partial charge < -0.3 is 4.74 Å². The lowest BCUT2D eigenvalue weighted by Gasteiger charge is -1.97. The van der Waals surface area contributed by atoms with E-state index in [9.17, 15) is 4.79 Å². The van der Waals surface area contributed by atoms with E-state index in [-0.39, 0.29) is 5.97 Å². The van der Waals surface area contributed by atoms with Crippen LogP contribution >= 0.6 is 11.8 Å². The largest absolute Gasteiger partial charge is 0.468 e. The van der Waals surface area contributed by atoms with Crippen molar-refractivity contribution in [1.82, 2.24) is 0 Å². The molecule has 0 bridgehead atoms. The first-order valence-corrected chi connectivity index (χ1v) is 4.54. The van der Waals surface area contributed by atoms with E-state index in [2.05, 4.69) is 10.7 Å². The molecule has 0 radical (unpaired) electrons. The monoisotopic (exact) mass is 172 g/mol. The highest BCUT2D eigenvalue weighted by Crippen LogP contribution is 2.03. The van der Waals surface area contributed by atoms with E-state index in [1.165, 1.54) is 7.11 Å². The second-order valence-corrected chi connectivity index (χ2v) is 3.04. The maximum Gasteiger partial charge on any atom is 0.315 e. The standard InChI is InChI=1S/C8H12O2S/c1-3-4-5-6-11-7-8(9)10-2/h1H,4-7H2,2H3. The van der Waals surface area contributed by atoms with Gasteiger partial charge in [-0.15, -0.1) is 12.3 Å². The highest BCUT2D eigenvalue weighted by Gasteiger charge is 1.97. The third-order valence-electron chi connectivity index (χ3n) is 1.06. The van der Waals surface area contributed by atoms with Crippen molar-refractivity contribution >= 4 is 17.7 Å². The first-order chi connectivity index (χ1) is 5.31. The van der Waals surface area contributed by atoms with Crippen LogP contribution in [0.3, 0.4) is 0 Å². The molecular weight excluding hydrogens is 160 g/mol. The van der Waals surface area contributed by atoms with Gasteiger partial charge in [-0.1, -0.05) is 0 Å². The molecule has 0 rings (SSSR count). The van der Waals surface area contributed by atoms with Crippen LogP contribution in [0.1, 0.15) is 12.8 Å². The van der Waals surface area contributed by atoms with Crippen molar-refractivity contribution in [3.63, 3.8) is 0 Å². The summed E-state index contributed by atoms with van der Waals surface area (Å²) in [6, 6.07) is 0. The fourth-order valence-corrected chi connectivity index (χ4v) is 1.27. The topological polar surface area (TPSA) is 26.3 Å². The predicted molar refractivity (Wildman–Crippen MR) is 47.4 cm³/mol. The highest BCUT2D eigenvalue weighted by atomic mass is 32.2. The van der Waals surface area contributed by atoms with Gasteiger partial charge >= 0.3 is 5.97 Å². The van der Waals surface area contributed by atoms with Crippen LogP contribution in [0.25, 0.3) is 0 Å².